The van der Waals surface area contributed by atoms with Crippen LogP contribution >= 0.6 is 11.6 Å². The Morgan fingerprint density at radius 1 is 1.25 bits per heavy atom. The molecule has 4 nitrogen and oxygen atoms in total. The summed E-state index contributed by atoms with van der Waals surface area (Å²) in [6, 6.07) is 8.97. The Labute approximate surface area is 122 Å². The first-order valence-corrected chi connectivity index (χ1v) is 6.48. The Morgan fingerprint density at radius 3 is 2.60 bits per heavy atom. The number of rotatable bonds is 4. The van der Waals surface area contributed by atoms with Crippen molar-refractivity contribution in [2.45, 2.75) is 12.8 Å². The summed E-state index contributed by atoms with van der Waals surface area (Å²) in [7, 11) is 1.54. The molecule has 5 heteroatoms. The van der Waals surface area contributed by atoms with Gasteiger partial charge in [-0.05, 0) is 30.7 Å². The molecule has 2 rings (SSSR count). The predicted octanol–water partition coefficient (Wildman–Crippen LogP) is 3.80. The van der Waals surface area contributed by atoms with Gasteiger partial charge in [-0.1, -0.05) is 0 Å². The predicted molar refractivity (Wildman–Crippen MR) is 76.3 cm³/mol. The lowest BCUT2D eigenvalue weighted by Gasteiger charge is -2.10. The molecule has 0 aliphatic rings. The molecule has 2 aromatic rings. The van der Waals surface area contributed by atoms with E-state index in [1.165, 1.54) is 0 Å². The van der Waals surface area contributed by atoms with Crippen LogP contribution < -0.4 is 9.47 Å². The molecular weight excluding hydrogens is 276 g/mol. The molecule has 0 spiro atoms. The number of pyridine rings is 1. The van der Waals surface area contributed by atoms with Gasteiger partial charge in [0, 0.05) is 23.7 Å². The van der Waals surface area contributed by atoms with Crippen LogP contribution in [0, 0.1) is 18.3 Å². The normalized spacial score (nSPS) is 9.90. The van der Waals surface area contributed by atoms with Crippen molar-refractivity contribution >= 4 is 11.6 Å². The number of aromatic nitrogens is 1. The quantitative estimate of drug-likeness (QED) is 0.803. The molecule has 0 unspecified atom stereocenters. The van der Waals surface area contributed by atoms with E-state index in [0.717, 1.165) is 11.1 Å². The molecule has 1 aromatic heterocycles. The van der Waals surface area contributed by atoms with Gasteiger partial charge in [0.1, 0.15) is 11.5 Å². The van der Waals surface area contributed by atoms with E-state index in [-0.39, 0.29) is 0 Å². The third kappa shape index (κ3) is 3.19. The van der Waals surface area contributed by atoms with Gasteiger partial charge in [0.05, 0.1) is 18.7 Å². The van der Waals surface area contributed by atoms with Crippen LogP contribution in [0.5, 0.6) is 17.4 Å². The summed E-state index contributed by atoms with van der Waals surface area (Å²) in [6.07, 6.45) is 1.67. The highest BCUT2D eigenvalue weighted by Crippen LogP contribution is 2.28. The Kier molecular flexibility index (Phi) is 4.44. The monoisotopic (exact) mass is 288 g/mol. The number of ether oxygens (including phenoxy) is 2. The third-order valence-electron chi connectivity index (χ3n) is 2.70. The first-order valence-electron chi connectivity index (χ1n) is 5.94. The summed E-state index contributed by atoms with van der Waals surface area (Å²) in [5, 5.41) is 8.98. The minimum absolute atomic E-state index is 0.409. The molecule has 20 heavy (non-hydrogen) atoms. The Balaban J connectivity index is 2.32. The van der Waals surface area contributed by atoms with Gasteiger partial charge < -0.3 is 9.47 Å². The zero-order chi connectivity index (χ0) is 14.5. The van der Waals surface area contributed by atoms with Crippen molar-refractivity contribution in [3.8, 4) is 23.4 Å². The third-order valence-corrected chi connectivity index (χ3v) is 3.01. The number of nitriles is 1. The first kappa shape index (κ1) is 14.2. The summed E-state index contributed by atoms with van der Waals surface area (Å²) in [5.41, 5.74) is 2.28. The van der Waals surface area contributed by atoms with Gasteiger partial charge in [-0.25, -0.2) is 4.98 Å². The maximum Gasteiger partial charge on any atom is 0.222 e. The van der Waals surface area contributed by atoms with Crippen LogP contribution in [0.1, 0.15) is 16.7 Å². The molecular formula is C15H13ClN2O2. The summed E-state index contributed by atoms with van der Waals surface area (Å²) < 4.78 is 10.8. The van der Waals surface area contributed by atoms with Crippen molar-refractivity contribution in [1.29, 1.82) is 5.26 Å². The highest BCUT2D eigenvalue weighted by Gasteiger charge is 2.07. The molecule has 0 aliphatic heterocycles. The van der Waals surface area contributed by atoms with E-state index in [4.69, 9.17) is 26.3 Å². The fraction of sp³-hybridized carbons (Fsp3) is 0.200. The number of methoxy groups -OCH3 is 1. The van der Waals surface area contributed by atoms with Gasteiger partial charge >= 0.3 is 0 Å². The molecule has 0 amide bonds. The topological polar surface area (TPSA) is 55.1 Å². The summed E-state index contributed by atoms with van der Waals surface area (Å²) in [4.78, 5) is 4.22. The van der Waals surface area contributed by atoms with E-state index >= 15 is 0 Å². The van der Waals surface area contributed by atoms with Gasteiger partial charge in [-0.15, -0.1) is 11.6 Å². The number of halogens is 1. The molecule has 0 N–H and O–H groups in total. The van der Waals surface area contributed by atoms with Crippen LogP contribution in [0.3, 0.4) is 0 Å². The van der Waals surface area contributed by atoms with E-state index in [1.807, 2.05) is 13.0 Å². The number of nitrogens with zero attached hydrogens (tertiary/aromatic N) is 2. The summed E-state index contributed by atoms with van der Waals surface area (Å²) >= 11 is 5.76. The van der Waals surface area contributed by atoms with Crippen molar-refractivity contribution in [2.75, 3.05) is 7.11 Å². The van der Waals surface area contributed by atoms with E-state index < -0.39 is 0 Å². The highest BCUT2D eigenvalue weighted by molar-refractivity contribution is 6.17. The summed E-state index contributed by atoms with van der Waals surface area (Å²) in [6.45, 7) is 1.89. The van der Waals surface area contributed by atoms with Crippen LogP contribution in [0.15, 0.2) is 30.5 Å². The number of hydrogen-bond acceptors (Lipinski definition) is 4. The van der Waals surface area contributed by atoms with Crippen molar-refractivity contribution in [1.82, 2.24) is 4.98 Å². The van der Waals surface area contributed by atoms with E-state index in [0.29, 0.717) is 28.8 Å². The molecule has 0 radical (unpaired) electrons. The van der Waals surface area contributed by atoms with Gasteiger partial charge in [0.2, 0.25) is 5.88 Å². The van der Waals surface area contributed by atoms with Crippen molar-refractivity contribution in [3.63, 3.8) is 0 Å². The van der Waals surface area contributed by atoms with Crippen molar-refractivity contribution in [3.05, 3.63) is 47.2 Å². The van der Waals surface area contributed by atoms with E-state index in [1.54, 1.807) is 31.5 Å². The molecule has 0 bridgehead atoms. The van der Waals surface area contributed by atoms with Gasteiger partial charge in [0.15, 0.2) is 0 Å². The van der Waals surface area contributed by atoms with Crippen molar-refractivity contribution in [2.24, 2.45) is 0 Å². The van der Waals surface area contributed by atoms with Gasteiger partial charge in [-0.2, -0.15) is 5.26 Å². The zero-order valence-corrected chi connectivity index (χ0v) is 11.9. The molecule has 1 aromatic carbocycles. The molecule has 1 heterocycles. The molecule has 0 saturated carbocycles. The highest BCUT2D eigenvalue weighted by atomic mass is 35.5. The second-order valence-corrected chi connectivity index (χ2v) is 4.48. The molecule has 0 aliphatic carbocycles. The molecule has 0 fully saturated rings. The Hall–Kier alpha value is -2.25. The van der Waals surface area contributed by atoms with Crippen LogP contribution in [0.2, 0.25) is 0 Å². The average Bonchev–Trinajstić information content (AvgIpc) is 2.48. The zero-order valence-electron chi connectivity index (χ0n) is 11.2. The van der Waals surface area contributed by atoms with Gasteiger partial charge in [-0.3, -0.25) is 0 Å². The molecule has 0 atom stereocenters. The Bertz CT molecular complexity index is 665. The molecule has 0 saturated heterocycles. The number of aryl methyl sites for hydroxylation is 1. The molecule has 102 valence electrons. The van der Waals surface area contributed by atoms with Gasteiger partial charge in [0.25, 0.3) is 0 Å². The Morgan fingerprint density at radius 2 is 2.00 bits per heavy atom. The standard InChI is InChI=1S/C15H13ClN2O2/c1-10-3-12(7-16)9-18-15(10)20-14-5-11(8-17)4-13(6-14)19-2/h3-6,9H,7H2,1-2H3. The van der Waals surface area contributed by atoms with Crippen molar-refractivity contribution < 1.29 is 9.47 Å². The average molecular weight is 289 g/mol. The van der Waals surface area contributed by atoms with E-state index in [2.05, 4.69) is 11.1 Å². The fourth-order valence-corrected chi connectivity index (χ4v) is 1.87. The second kappa shape index (κ2) is 6.27. The maximum atomic E-state index is 8.98. The largest absolute Gasteiger partial charge is 0.497 e. The van der Waals surface area contributed by atoms with Crippen LogP contribution in [-0.2, 0) is 5.88 Å². The SMILES string of the molecule is COc1cc(C#N)cc(Oc2ncc(CCl)cc2C)c1. The second-order valence-electron chi connectivity index (χ2n) is 4.21. The van der Waals surface area contributed by atoms with Crippen LogP contribution in [0.25, 0.3) is 0 Å². The minimum atomic E-state index is 0.409. The van der Waals surface area contributed by atoms with Crippen LogP contribution in [-0.4, -0.2) is 12.1 Å². The summed E-state index contributed by atoms with van der Waals surface area (Å²) in [5.74, 6) is 1.96. The lowest BCUT2D eigenvalue weighted by atomic mass is 10.2. The van der Waals surface area contributed by atoms with Crippen LogP contribution in [0.4, 0.5) is 0 Å². The first-order chi connectivity index (χ1) is 9.66. The lowest BCUT2D eigenvalue weighted by Crippen LogP contribution is -1.94. The minimum Gasteiger partial charge on any atom is -0.497 e. The number of alkyl halides is 1. The maximum absolute atomic E-state index is 8.98. The fourth-order valence-electron chi connectivity index (χ4n) is 1.73. The van der Waals surface area contributed by atoms with E-state index in [9.17, 15) is 0 Å². The number of hydrogen-bond donors (Lipinski definition) is 0. The lowest BCUT2D eigenvalue weighted by molar-refractivity contribution is 0.406. The number of benzene rings is 1. The smallest absolute Gasteiger partial charge is 0.222 e.